The highest BCUT2D eigenvalue weighted by Crippen LogP contribution is 2.15. The van der Waals surface area contributed by atoms with E-state index in [0.29, 0.717) is 24.8 Å². The zero-order valence-electron chi connectivity index (χ0n) is 23.3. The Hall–Kier alpha value is -1.66. The van der Waals surface area contributed by atoms with Crippen LogP contribution in [0.25, 0.3) is 0 Å². The van der Waals surface area contributed by atoms with Crippen LogP contribution in [0.2, 0.25) is 0 Å². The van der Waals surface area contributed by atoms with Crippen molar-refractivity contribution in [3.63, 3.8) is 0 Å². The lowest BCUT2D eigenvalue weighted by atomic mass is 10.0. The maximum Gasteiger partial charge on any atom is 0.330 e. The zero-order chi connectivity index (χ0) is 27.3. The van der Waals surface area contributed by atoms with Crippen LogP contribution >= 0.6 is 0 Å². The molecule has 0 saturated carbocycles. The van der Waals surface area contributed by atoms with Crippen molar-refractivity contribution in [3.8, 4) is 0 Å². The number of aliphatic carboxylic acids is 2. The summed E-state index contributed by atoms with van der Waals surface area (Å²) in [6.07, 6.45) is 24.5. The van der Waals surface area contributed by atoms with Crippen molar-refractivity contribution in [2.45, 2.75) is 135 Å². The minimum Gasteiger partial charge on any atom is -0.478 e. The quantitative estimate of drug-likeness (QED) is 0.0635. The largest absolute Gasteiger partial charge is 0.478 e. The van der Waals surface area contributed by atoms with E-state index in [9.17, 15) is 9.59 Å². The average Bonchev–Trinajstić information content (AvgIpc) is 3.74. The Labute approximate surface area is 221 Å². The first-order valence-electron chi connectivity index (χ1n) is 14.5. The second kappa shape index (κ2) is 29.6. The van der Waals surface area contributed by atoms with E-state index in [4.69, 9.17) is 15.3 Å². The topological polar surface area (TPSA) is 117 Å². The van der Waals surface area contributed by atoms with Gasteiger partial charge in [-0.2, -0.15) is 0 Å². The maximum atomic E-state index is 10.6. The van der Waals surface area contributed by atoms with Gasteiger partial charge in [-0.05, 0) is 25.7 Å². The molecule has 36 heavy (non-hydrogen) atoms. The van der Waals surface area contributed by atoms with Gasteiger partial charge >= 0.3 is 11.9 Å². The van der Waals surface area contributed by atoms with Crippen molar-refractivity contribution >= 4 is 11.9 Å². The molecule has 0 aromatic heterocycles. The molecule has 1 rings (SSSR count). The van der Waals surface area contributed by atoms with Crippen LogP contribution in [0.4, 0.5) is 0 Å². The molecule has 1 aliphatic heterocycles. The van der Waals surface area contributed by atoms with E-state index >= 15 is 0 Å². The predicted octanol–water partition coefficient (Wildman–Crippen LogP) is 7.66. The molecule has 0 radical (unpaired) electrons. The Morgan fingerprint density at radius 3 is 1.11 bits per heavy atom. The van der Waals surface area contributed by atoms with Gasteiger partial charge < -0.3 is 20.6 Å². The van der Waals surface area contributed by atoms with E-state index < -0.39 is 11.9 Å². The number of carboxylic acid groups (broad SMARTS) is 2. The van der Waals surface area contributed by atoms with Gasteiger partial charge in [0, 0.05) is 30.8 Å². The third kappa shape index (κ3) is 34.5. The SMILES string of the molecule is C1CN1.C=C(CCCCCCCCCCCCCCCCCCC)C(=O)O.C=C(CCCO)C(=O)O. The second-order valence-electron chi connectivity index (χ2n) is 9.80. The molecule has 1 heterocycles. The third-order valence-electron chi connectivity index (χ3n) is 6.07. The van der Waals surface area contributed by atoms with Crippen LogP contribution in [-0.4, -0.2) is 47.0 Å². The van der Waals surface area contributed by atoms with Crippen molar-refractivity contribution < 1.29 is 24.9 Å². The molecule has 1 aliphatic rings. The fraction of sp³-hybridized carbons (Fsp3) is 0.800. The molecule has 0 atom stereocenters. The lowest BCUT2D eigenvalue weighted by Crippen LogP contribution is -1.99. The van der Waals surface area contributed by atoms with Gasteiger partial charge in [-0.15, -0.1) is 0 Å². The summed E-state index contributed by atoms with van der Waals surface area (Å²) in [6.45, 7) is 11.6. The molecule has 1 saturated heterocycles. The highest BCUT2D eigenvalue weighted by molar-refractivity contribution is 5.85. The van der Waals surface area contributed by atoms with Crippen molar-refractivity contribution in [3.05, 3.63) is 24.3 Å². The molecular formula is C30H57NO5. The summed E-state index contributed by atoms with van der Waals surface area (Å²) < 4.78 is 0. The van der Waals surface area contributed by atoms with E-state index in [-0.39, 0.29) is 12.2 Å². The van der Waals surface area contributed by atoms with Gasteiger partial charge in [-0.25, -0.2) is 9.59 Å². The highest BCUT2D eigenvalue weighted by Gasteiger charge is 2.03. The number of unbranched alkanes of at least 4 members (excludes halogenated alkanes) is 16. The average molecular weight is 512 g/mol. The Bertz CT molecular complexity index is 543. The Morgan fingerprint density at radius 2 is 0.861 bits per heavy atom. The molecule has 0 unspecified atom stereocenters. The summed E-state index contributed by atoms with van der Waals surface area (Å²) in [4.78, 5) is 20.6. The number of aliphatic hydroxyl groups is 1. The number of nitrogens with one attached hydrogen (secondary N) is 1. The van der Waals surface area contributed by atoms with Gasteiger partial charge in [0.25, 0.3) is 0 Å². The van der Waals surface area contributed by atoms with Crippen LogP contribution in [0.5, 0.6) is 0 Å². The van der Waals surface area contributed by atoms with Crippen molar-refractivity contribution in [2.24, 2.45) is 0 Å². The molecule has 0 aromatic rings. The molecule has 0 amide bonds. The van der Waals surface area contributed by atoms with E-state index in [0.717, 1.165) is 12.8 Å². The van der Waals surface area contributed by atoms with Crippen LogP contribution in [0.15, 0.2) is 24.3 Å². The first kappa shape index (κ1) is 36.5. The zero-order valence-corrected chi connectivity index (χ0v) is 23.3. The first-order chi connectivity index (χ1) is 17.4. The minimum atomic E-state index is -0.983. The fourth-order valence-electron chi connectivity index (χ4n) is 3.57. The van der Waals surface area contributed by atoms with Gasteiger partial charge in [0.2, 0.25) is 0 Å². The molecular weight excluding hydrogens is 454 g/mol. The van der Waals surface area contributed by atoms with E-state index in [1.807, 2.05) is 0 Å². The second-order valence-corrected chi connectivity index (χ2v) is 9.80. The summed E-state index contributed by atoms with van der Waals surface area (Å²) in [5.41, 5.74) is 0.514. The number of rotatable bonds is 23. The van der Waals surface area contributed by atoms with Crippen LogP contribution < -0.4 is 5.32 Å². The Balaban J connectivity index is 0. The number of hydrogen-bond donors (Lipinski definition) is 4. The lowest BCUT2D eigenvalue weighted by molar-refractivity contribution is -0.133. The fourth-order valence-corrected chi connectivity index (χ4v) is 3.57. The highest BCUT2D eigenvalue weighted by atomic mass is 16.4. The first-order valence-corrected chi connectivity index (χ1v) is 14.5. The minimum absolute atomic E-state index is 0.0201. The Kier molecular flexibility index (Phi) is 30.0. The molecule has 0 aromatic carbocycles. The molecule has 212 valence electrons. The number of carbonyl (C=O) groups is 2. The standard InChI is InChI=1S/C22H42O2.C6H10O3.C2H5N/c1-3-4-5-6-7-8-9-10-11-12-13-14-15-16-17-18-19-20-21(2)22(23)24;1-5(6(8)9)3-2-4-7;1-2-3-1/h2-20H2,1H3,(H,23,24);7H,1-4H2,(H,8,9);3H,1-2H2. The summed E-state index contributed by atoms with van der Waals surface area (Å²) in [5.74, 6) is -1.82. The maximum absolute atomic E-state index is 10.6. The number of aliphatic hydroxyl groups excluding tert-OH is 1. The summed E-state index contributed by atoms with van der Waals surface area (Å²) in [5, 5.41) is 28.2. The Morgan fingerprint density at radius 1 is 0.583 bits per heavy atom. The van der Waals surface area contributed by atoms with Crippen molar-refractivity contribution in [1.29, 1.82) is 0 Å². The van der Waals surface area contributed by atoms with Crippen LogP contribution in [-0.2, 0) is 9.59 Å². The smallest absolute Gasteiger partial charge is 0.330 e. The number of hydrogen-bond acceptors (Lipinski definition) is 4. The molecule has 6 nitrogen and oxygen atoms in total. The van der Waals surface area contributed by atoms with Gasteiger partial charge in [0.1, 0.15) is 0 Å². The molecule has 0 bridgehead atoms. The van der Waals surface area contributed by atoms with Crippen LogP contribution in [0, 0.1) is 0 Å². The lowest BCUT2D eigenvalue weighted by Gasteiger charge is -2.04. The molecule has 0 spiro atoms. The molecule has 1 fully saturated rings. The summed E-state index contributed by atoms with van der Waals surface area (Å²) in [7, 11) is 0. The molecule has 6 heteroatoms. The predicted molar refractivity (Wildman–Crippen MR) is 152 cm³/mol. The van der Waals surface area contributed by atoms with Gasteiger partial charge in [0.15, 0.2) is 0 Å². The monoisotopic (exact) mass is 511 g/mol. The summed E-state index contributed by atoms with van der Waals surface area (Å²) in [6, 6.07) is 0. The van der Waals surface area contributed by atoms with Crippen molar-refractivity contribution in [1.82, 2.24) is 5.32 Å². The van der Waals surface area contributed by atoms with E-state index in [2.05, 4.69) is 25.4 Å². The number of carboxylic acids is 2. The third-order valence-corrected chi connectivity index (χ3v) is 6.07. The molecule has 4 N–H and O–H groups in total. The van der Waals surface area contributed by atoms with Gasteiger partial charge in [-0.1, -0.05) is 123 Å². The van der Waals surface area contributed by atoms with E-state index in [1.165, 1.54) is 109 Å². The van der Waals surface area contributed by atoms with Crippen LogP contribution in [0.1, 0.15) is 135 Å². The van der Waals surface area contributed by atoms with Gasteiger partial charge in [-0.3, -0.25) is 0 Å². The molecule has 0 aliphatic carbocycles. The van der Waals surface area contributed by atoms with Gasteiger partial charge in [0.05, 0.1) is 0 Å². The van der Waals surface area contributed by atoms with Crippen molar-refractivity contribution in [2.75, 3.05) is 19.7 Å². The van der Waals surface area contributed by atoms with E-state index in [1.54, 1.807) is 0 Å². The summed E-state index contributed by atoms with van der Waals surface area (Å²) >= 11 is 0. The van der Waals surface area contributed by atoms with Crippen LogP contribution in [0.3, 0.4) is 0 Å². The normalized spacial score (nSPS) is 11.5.